The summed E-state index contributed by atoms with van der Waals surface area (Å²) in [5.74, 6) is 1.13. The van der Waals surface area contributed by atoms with Gasteiger partial charge in [0, 0.05) is 39.4 Å². The van der Waals surface area contributed by atoms with Gasteiger partial charge in [0.2, 0.25) is 10.0 Å². The van der Waals surface area contributed by atoms with E-state index in [1.807, 2.05) is 6.07 Å². The summed E-state index contributed by atoms with van der Waals surface area (Å²) >= 11 is 0. The first-order chi connectivity index (χ1) is 11.1. The van der Waals surface area contributed by atoms with Crippen molar-refractivity contribution in [1.82, 2.24) is 9.62 Å². The third kappa shape index (κ3) is 4.32. The SMILES string of the molecule is COCCCN1C[C@@H](NS(=O)(=O)c2ccccc2)[C@H](C2CC2)C1. The Bertz CT molecular complexity index is 602. The molecule has 1 heterocycles. The summed E-state index contributed by atoms with van der Waals surface area (Å²) in [6, 6.07) is 8.69. The van der Waals surface area contributed by atoms with Crippen LogP contribution in [0.25, 0.3) is 0 Å². The van der Waals surface area contributed by atoms with Gasteiger partial charge >= 0.3 is 0 Å². The van der Waals surface area contributed by atoms with E-state index in [4.69, 9.17) is 4.74 Å². The number of sulfonamides is 1. The van der Waals surface area contributed by atoms with Crippen LogP contribution in [0.4, 0.5) is 0 Å². The highest BCUT2D eigenvalue weighted by molar-refractivity contribution is 7.89. The van der Waals surface area contributed by atoms with Crippen molar-refractivity contribution >= 4 is 10.0 Å². The van der Waals surface area contributed by atoms with Gasteiger partial charge in [0.15, 0.2) is 0 Å². The molecule has 2 aliphatic rings. The van der Waals surface area contributed by atoms with Crippen molar-refractivity contribution in [3.05, 3.63) is 30.3 Å². The number of hydrogen-bond acceptors (Lipinski definition) is 4. The quantitative estimate of drug-likeness (QED) is 0.733. The molecule has 1 aromatic rings. The number of likely N-dealkylation sites (tertiary alicyclic amines) is 1. The number of benzene rings is 1. The largest absolute Gasteiger partial charge is 0.385 e. The Morgan fingerprint density at radius 2 is 1.96 bits per heavy atom. The number of nitrogens with zero attached hydrogens (tertiary/aromatic N) is 1. The Kier molecular flexibility index (Phi) is 5.36. The average Bonchev–Trinajstić information content (AvgIpc) is 3.31. The van der Waals surface area contributed by atoms with E-state index in [0.29, 0.717) is 16.7 Å². The van der Waals surface area contributed by atoms with Gasteiger partial charge in [-0.15, -0.1) is 0 Å². The summed E-state index contributed by atoms with van der Waals surface area (Å²) in [6.07, 6.45) is 3.46. The van der Waals surface area contributed by atoms with Gasteiger partial charge in [-0.2, -0.15) is 0 Å². The molecule has 0 amide bonds. The Morgan fingerprint density at radius 3 is 2.61 bits per heavy atom. The van der Waals surface area contributed by atoms with Crippen molar-refractivity contribution in [3.8, 4) is 0 Å². The molecule has 1 saturated carbocycles. The fourth-order valence-electron chi connectivity index (χ4n) is 3.52. The molecular weight excluding hydrogens is 312 g/mol. The molecule has 3 rings (SSSR count). The molecule has 0 radical (unpaired) electrons. The van der Waals surface area contributed by atoms with Crippen LogP contribution in [0.1, 0.15) is 19.3 Å². The monoisotopic (exact) mass is 338 g/mol. The summed E-state index contributed by atoms with van der Waals surface area (Å²) in [5.41, 5.74) is 0. The third-order valence-electron chi connectivity index (χ3n) is 4.85. The minimum Gasteiger partial charge on any atom is -0.385 e. The average molecular weight is 338 g/mol. The summed E-state index contributed by atoms with van der Waals surface area (Å²) in [4.78, 5) is 2.73. The number of ether oxygens (including phenoxy) is 1. The van der Waals surface area contributed by atoms with E-state index in [9.17, 15) is 8.42 Å². The fraction of sp³-hybridized carbons (Fsp3) is 0.647. The highest BCUT2D eigenvalue weighted by Crippen LogP contribution is 2.41. The normalized spacial score (nSPS) is 25.8. The first-order valence-corrected chi connectivity index (χ1v) is 9.87. The first-order valence-electron chi connectivity index (χ1n) is 8.39. The number of nitrogens with one attached hydrogen (secondary N) is 1. The predicted octanol–water partition coefficient (Wildman–Crippen LogP) is 1.71. The lowest BCUT2D eigenvalue weighted by Crippen LogP contribution is -2.41. The molecule has 2 fully saturated rings. The summed E-state index contributed by atoms with van der Waals surface area (Å²) in [6.45, 7) is 3.53. The zero-order valence-corrected chi connectivity index (χ0v) is 14.5. The smallest absolute Gasteiger partial charge is 0.240 e. The van der Waals surface area contributed by atoms with E-state index in [2.05, 4.69) is 9.62 Å². The second kappa shape index (κ2) is 7.30. The molecule has 1 aromatic carbocycles. The lowest BCUT2D eigenvalue weighted by molar-refractivity contribution is 0.177. The molecular formula is C17H26N2O3S. The van der Waals surface area contributed by atoms with Gasteiger partial charge in [0.25, 0.3) is 0 Å². The van der Waals surface area contributed by atoms with Gasteiger partial charge in [-0.1, -0.05) is 18.2 Å². The van der Waals surface area contributed by atoms with Crippen molar-refractivity contribution in [3.63, 3.8) is 0 Å². The maximum Gasteiger partial charge on any atom is 0.240 e. The van der Waals surface area contributed by atoms with Crippen LogP contribution in [-0.2, 0) is 14.8 Å². The molecule has 2 atom stereocenters. The van der Waals surface area contributed by atoms with E-state index in [-0.39, 0.29) is 6.04 Å². The van der Waals surface area contributed by atoms with Crippen LogP contribution in [0, 0.1) is 11.8 Å². The molecule has 128 valence electrons. The molecule has 0 unspecified atom stereocenters. The summed E-state index contributed by atoms with van der Waals surface area (Å²) in [7, 11) is -1.72. The van der Waals surface area contributed by atoms with Crippen LogP contribution >= 0.6 is 0 Å². The van der Waals surface area contributed by atoms with Gasteiger partial charge in [0.1, 0.15) is 0 Å². The van der Waals surface area contributed by atoms with E-state index < -0.39 is 10.0 Å². The van der Waals surface area contributed by atoms with Crippen LogP contribution < -0.4 is 4.72 Å². The number of hydrogen-bond donors (Lipinski definition) is 1. The summed E-state index contributed by atoms with van der Waals surface area (Å²) < 4.78 is 33.3. The third-order valence-corrected chi connectivity index (χ3v) is 6.36. The highest BCUT2D eigenvalue weighted by Gasteiger charge is 2.43. The number of rotatable bonds is 8. The molecule has 1 aliphatic carbocycles. The zero-order valence-electron chi connectivity index (χ0n) is 13.6. The zero-order chi connectivity index (χ0) is 16.3. The van der Waals surface area contributed by atoms with E-state index in [1.165, 1.54) is 12.8 Å². The van der Waals surface area contributed by atoms with Crippen LogP contribution in [-0.4, -0.2) is 52.7 Å². The van der Waals surface area contributed by atoms with E-state index in [0.717, 1.165) is 32.7 Å². The second-order valence-electron chi connectivity index (χ2n) is 6.65. The van der Waals surface area contributed by atoms with Gasteiger partial charge < -0.3 is 9.64 Å². The second-order valence-corrected chi connectivity index (χ2v) is 8.36. The molecule has 0 spiro atoms. The van der Waals surface area contributed by atoms with Crippen molar-refractivity contribution in [2.24, 2.45) is 11.8 Å². The van der Waals surface area contributed by atoms with Crippen molar-refractivity contribution in [2.75, 3.05) is 33.4 Å². The molecule has 1 N–H and O–H groups in total. The fourth-order valence-corrected chi connectivity index (χ4v) is 4.82. The molecule has 0 aromatic heterocycles. The maximum absolute atomic E-state index is 12.6. The Balaban J connectivity index is 1.65. The number of methoxy groups -OCH3 is 1. The van der Waals surface area contributed by atoms with Crippen molar-refractivity contribution in [2.45, 2.75) is 30.2 Å². The molecule has 1 saturated heterocycles. The van der Waals surface area contributed by atoms with Crippen molar-refractivity contribution < 1.29 is 13.2 Å². The molecule has 0 bridgehead atoms. The van der Waals surface area contributed by atoms with Gasteiger partial charge in [0.05, 0.1) is 4.90 Å². The Labute approximate surface area is 139 Å². The van der Waals surface area contributed by atoms with Crippen LogP contribution in [0.2, 0.25) is 0 Å². The topological polar surface area (TPSA) is 58.6 Å². The van der Waals surface area contributed by atoms with Crippen LogP contribution in [0.3, 0.4) is 0 Å². The van der Waals surface area contributed by atoms with Gasteiger partial charge in [-0.05, 0) is 43.2 Å². The first kappa shape index (κ1) is 16.9. The highest BCUT2D eigenvalue weighted by atomic mass is 32.2. The standard InChI is InChI=1S/C17H26N2O3S/c1-22-11-5-10-19-12-16(14-8-9-14)17(13-19)18-23(20,21)15-6-3-2-4-7-15/h2-4,6-7,14,16-18H,5,8-13H2,1H3/t16-,17+/m0/s1. The Hall–Kier alpha value is -0.950. The van der Waals surface area contributed by atoms with Gasteiger partial charge in [-0.25, -0.2) is 13.1 Å². The minimum absolute atomic E-state index is 0.0234. The Morgan fingerprint density at radius 1 is 1.22 bits per heavy atom. The molecule has 1 aliphatic heterocycles. The molecule has 23 heavy (non-hydrogen) atoms. The van der Waals surface area contributed by atoms with Crippen molar-refractivity contribution in [1.29, 1.82) is 0 Å². The lowest BCUT2D eigenvalue weighted by Gasteiger charge is -2.19. The molecule has 5 nitrogen and oxygen atoms in total. The van der Waals surface area contributed by atoms with Gasteiger partial charge in [-0.3, -0.25) is 0 Å². The minimum atomic E-state index is -3.43. The van der Waals surface area contributed by atoms with E-state index in [1.54, 1.807) is 31.4 Å². The van der Waals surface area contributed by atoms with Crippen LogP contribution in [0.5, 0.6) is 0 Å². The maximum atomic E-state index is 12.6. The lowest BCUT2D eigenvalue weighted by atomic mass is 9.99. The summed E-state index contributed by atoms with van der Waals surface area (Å²) in [5, 5.41) is 0. The van der Waals surface area contributed by atoms with Crippen LogP contribution in [0.15, 0.2) is 35.2 Å². The molecule has 6 heteroatoms. The van der Waals surface area contributed by atoms with E-state index >= 15 is 0 Å². The predicted molar refractivity (Wildman–Crippen MR) is 89.7 cm³/mol.